The molecule has 6 nitrogen and oxygen atoms in total. The van der Waals surface area contributed by atoms with Gasteiger partial charge in [-0.3, -0.25) is 14.9 Å². The number of hydrogen-bond donors (Lipinski definition) is 1. The van der Waals surface area contributed by atoms with Gasteiger partial charge in [0.2, 0.25) is 0 Å². The van der Waals surface area contributed by atoms with Crippen molar-refractivity contribution in [3.05, 3.63) is 63.5 Å². The smallest absolute Gasteiger partial charge is 0.293 e. The minimum absolute atomic E-state index is 0.0901. The molecule has 1 aliphatic rings. The normalized spacial score (nSPS) is 16.9. The highest BCUT2D eigenvalue weighted by Gasteiger charge is 2.25. The highest BCUT2D eigenvalue weighted by atomic mass is 19.1. The lowest BCUT2D eigenvalue weighted by atomic mass is 9.99. The van der Waals surface area contributed by atoms with Gasteiger partial charge in [-0.2, -0.15) is 0 Å². The number of nitro groups is 1. The Bertz CT molecular complexity index is 885. The first-order valence-electron chi connectivity index (χ1n) is 8.96. The van der Waals surface area contributed by atoms with E-state index < -0.39 is 16.6 Å². The summed E-state index contributed by atoms with van der Waals surface area (Å²) >= 11 is 0. The molecule has 1 amide bonds. The number of benzene rings is 2. The van der Waals surface area contributed by atoms with Crippen LogP contribution in [0.1, 0.15) is 35.7 Å². The van der Waals surface area contributed by atoms with Crippen molar-refractivity contribution in [3.8, 4) is 0 Å². The van der Waals surface area contributed by atoms with Crippen molar-refractivity contribution < 1.29 is 14.1 Å². The molecule has 0 aromatic heterocycles. The molecule has 0 aliphatic carbocycles. The number of nitrogens with zero attached hydrogens (tertiary/aromatic N) is 2. The van der Waals surface area contributed by atoms with Gasteiger partial charge in [0.1, 0.15) is 11.5 Å². The van der Waals surface area contributed by atoms with E-state index in [1.165, 1.54) is 18.2 Å². The molecule has 1 atom stereocenters. The molecule has 7 heteroatoms. The Morgan fingerprint density at radius 3 is 2.78 bits per heavy atom. The van der Waals surface area contributed by atoms with Gasteiger partial charge in [-0.15, -0.1) is 0 Å². The fourth-order valence-corrected chi connectivity index (χ4v) is 3.41. The molecule has 0 radical (unpaired) electrons. The first-order chi connectivity index (χ1) is 12.8. The second-order valence-electron chi connectivity index (χ2n) is 7.07. The third kappa shape index (κ3) is 4.24. The lowest BCUT2D eigenvalue weighted by molar-refractivity contribution is -0.384. The number of hydrogen-bond acceptors (Lipinski definition) is 4. The molecule has 0 unspecified atom stereocenters. The summed E-state index contributed by atoms with van der Waals surface area (Å²) in [7, 11) is 0. The summed E-state index contributed by atoms with van der Waals surface area (Å²) in [5, 5.41) is 14.2. The first-order valence-corrected chi connectivity index (χ1v) is 8.96. The molecule has 0 saturated carbocycles. The monoisotopic (exact) mass is 371 g/mol. The molecule has 2 aromatic carbocycles. The number of amides is 1. The number of halogens is 1. The van der Waals surface area contributed by atoms with Crippen LogP contribution >= 0.6 is 0 Å². The van der Waals surface area contributed by atoms with Crippen molar-refractivity contribution in [1.82, 2.24) is 0 Å². The largest absolute Gasteiger partial charge is 0.366 e. The lowest BCUT2D eigenvalue weighted by Gasteiger charge is -2.32. The number of carbonyl (C=O) groups excluding carboxylic acids is 1. The Morgan fingerprint density at radius 2 is 2.07 bits per heavy atom. The molecule has 1 saturated heterocycles. The number of aryl methyl sites for hydroxylation is 1. The Labute approximate surface area is 157 Å². The molecule has 1 fully saturated rings. The van der Waals surface area contributed by atoms with Crippen molar-refractivity contribution >= 4 is 23.0 Å². The third-order valence-electron chi connectivity index (χ3n) is 4.88. The van der Waals surface area contributed by atoms with Crippen LogP contribution in [0.25, 0.3) is 0 Å². The van der Waals surface area contributed by atoms with Crippen LogP contribution in [-0.2, 0) is 0 Å². The van der Waals surface area contributed by atoms with E-state index in [0.717, 1.165) is 25.9 Å². The maximum atomic E-state index is 13.4. The number of carbonyl (C=O) groups is 1. The van der Waals surface area contributed by atoms with Crippen molar-refractivity contribution in [3.63, 3.8) is 0 Å². The zero-order valence-corrected chi connectivity index (χ0v) is 15.4. The van der Waals surface area contributed by atoms with E-state index in [2.05, 4.69) is 12.2 Å². The van der Waals surface area contributed by atoms with E-state index >= 15 is 0 Å². The van der Waals surface area contributed by atoms with Crippen LogP contribution in [-0.4, -0.2) is 23.9 Å². The van der Waals surface area contributed by atoms with Gasteiger partial charge in [0.25, 0.3) is 11.6 Å². The molecule has 1 heterocycles. The Morgan fingerprint density at radius 1 is 1.30 bits per heavy atom. The van der Waals surface area contributed by atoms with Gasteiger partial charge in [0, 0.05) is 30.4 Å². The summed E-state index contributed by atoms with van der Waals surface area (Å²) in [6.45, 7) is 5.40. The zero-order chi connectivity index (χ0) is 19.6. The molecule has 3 rings (SSSR count). The zero-order valence-electron chi connectivity index (χ0n) is 15.4. The molecule has 27 heavy (non-hydrogen) atoms. The number of nitrogens with one attached hydrogen (secondary N) is 1. The van der Waals surface area contributed by atoms with Gasteiger partial charge >= 0.3 is 0 Å². The van der Waals surface area contributed by atoms with E-state index in [9.17, 15) is 19.3 Å². The number of anilines is 2. The molecular formula is C20H22FN3O3. The van der Waals surface area contributed by atoms with Crippen LogP contribution in [0.3, 0.4) is 0 Å². The summed E-state index contributed by atoms with van der Waals surface area (Å²) < 4.78 is 13.4. The summed E-state index contributed by atoms with van der Waals surface area (Å²) in [5.41, 5.74) is 1.66. The summed E-state index contributed by atoms with van der Waals surface area (Å²) in [6, 6.07) is 8.59. The second kappa shape index (κ2) is 7.73. The van der Waals surface area contributed by atoms with Crippen LogP contribution in [0.5, 0.6) is 0 Å². The van der Waals surface area contributed by atoms with Gasteiger partial charge in [-0.25, -0.2) is 4.39 Å². The molecule has 0 bridgehead atoms. The molecule has 142 valence electrons. The van der Waals surface area contributed by atoms with Gasteiger partial charge in [-0.1, -0.05) is 13.0 Å². The quantitative estimate of drug-likeness (QED) is 0.633. The highest BCUT2D eigenvalue weighted by Crippen LogP contribution is 2.32. The predicted octanol–water partition coefficient (Wildman–Crippen LogP) is 4.53. The lowest BCUT2D eigenvalue weighted by Crippen LogP contribution is -2.34. The van der Waals surface area contributed by atoms with Crippen molar-refractivity contribution in [1.29, 1.82) is 0 Å². The highest BCUT2D eigenvalue weighted by molar-refractivity contribution is 6.05. The van der Waals surface area contributed by atoms with E-state index in [-0.39, 0.29) is 11.3 Å². The van der Waals surface area contributed by atoms with E-state index in [0.29, 0.717) is 22.9 Å². The first kappa shape index (κ1) is 18.8. The van der Waals surface area contributed by atoms with Crippen LogP contribution < -0.4 is 10.2 Å². The Hall–Kier alpha value is -2.96. The average molecular weight is 371 g/mol. The Balaban J connectivity index is 1.88. The fourth-order valence-electron chi connectivity index (χ4n) is 3.41. The van der Waals surface area contributed by atoms with Crippen LogP contribution in [0, 0.1) is 28.8 Å². The van der Waals surface area contributed by atoms with Gasteiger partial charge in [0.05, 0.1) is 4.92 Å². The molecule has 1 aliphatic heterocycles. The SMILES string of the molecule is Cc1ccc(F)cc1NC(=O)c1ccc(N2CCC[C@@H](C)C2)c([N+](=O)[O-])c1. The van der Waals surface area contributed by atoms with E-state index in [4.69, 9.17) is 0 Å². The summed E-state index contributed by atoms with van der Waals surface area (Å²) in [4.78, 5) is 25.6. The second-order valence-corrected chi connectivity index (χ2v) is 7.07. The minimum Gasteiger partial charge on any atom is -0.366 e. The van der Waals surface area contributed by atoms with E-state index in [1.54, 1.807) is 25.1 Å². The van der Waals surface area contributed by atoms with Gasteiger partial charge < -0.3 is 10.2 Å². The number of piperidine rings is 1. The topological polar surface area (TPSA) is 75.5 Å². The van der Waals surface area contributed by atoms with Crippen LogP contribution in [0.2, 0.25) is 0 Å². The summed E-state index contributed by atoms with van der Waals surface area (Å²) in [6.07, 6.45) is 2.09. The van der Waals surface area contributed by atoms with Crippen molar-refractivity contribution in [2.24, 2.45) is 5.92 Å². The number of nitro benzene ring substituents is 1. The van der Waals surface area contributed by atoms with Gasteiger partial charge in [0.15, 0.2) is 0 Å². The van der Waals surface area contributed by atoms with Gasteiger partial charge in [-0.05, 0) is 55.5 Å². The van der Waals surface area contributed by atoms with Crippen molar-refractivity contribution in [2.75, 3.05) is 23.3 Å². The predicted molar refractivity (Wildman–Crippen MR) is 103 cm³/mol. The van der Waals surface area contributed by atoms with Crippen LogP contribution in [0.15, 0.2) is 36.4 Å². The maximum absolute atomic E-state index is 13.4. The van der Waals surface area contributed by atoms with Crippen LogP contribution in [0.4, 0.5) is 21.5 Å². The molecule has 0 spiro atoms. The van der Waals surface area contributed by atoms with Crippen molar-refractivity contribution in [2.45, 2.75) is 26.7 Å². The van der Waals surface area contributed by atoms with E-state index in [1.807, 2.05) is 4.90 Å². The Kier molecular flexibility index (Phi) is 5.39. The fraction of sp³-hybridized carbons (Fsp3) is 0.350. The minimum atomic E-state index is -0.509. The molecule has 2 aromatic rings. The maximum Gasteiger partial charge on any atom is 0.293 e. The average Bonchev–Trinajstić information content (AvgIpc) is 2.64. The summed E-state index contributed by atoms with van der Waals surface area (Å²) in [5.74, 6) is -0.501. The third-order valence-corrected chi connectivity index (χ3v) is 4.88. The molecule has 1 N–H and O–H groups in total. The molecular weight excluding hydrogens is 349 g/mol. The number of rotatable bonds is 4. The standard InChI is InChI=1S/C20H22FN3O3/c1-13-4-3-9-23(12-13)18-8-6-15(10-19(18)24(26)27)20(25)22-17-11-16(21)7-5-14(17)2/h5-8,10-11,13H,3-4,9,12H2,1-2H3,(H,22,25)/t13-/m1/s1.